The highest BCUT2D eigenvalue weighted by atomic mass is 32.2. The van der Waals surface area contributed by atoms with Crippen molar-refractivity contribution in [1.29, 1.82) is 0 Å². The molecule has 2 aliphatic heterocycles. The van der Waals surface area contributed by atoms with Gasteiger partial charge >= 0.3 is 0 Å². The summed E-state index contributed by atoms with van der Waals surface area (Å²) in [7, 11) is -3.34. The Balaban J connectivity index is 1.60. The number of fused-ring (bicyclic) bond motifs is 2. The third-order valence-electron chi connectivity index (χ3n) is 4.39. The summed E-state index contributed by atoms with van der Waals surface area (Å²) in [6.07, 6.45) is 3.98. The van der Waals surface area contributed by atoms with Gasteiger partial charge in [0.2, 0.25) is 5.78 Å². The maximum atomic E-state index is 12.6. The van der Waals surface area contributed by atoms with Crippen LogP contribution in [0.2, 0.25) is 0 Å². The first kappa shape index (κ1) is 15.7. The Morgan fingerprint density at radius 1 is 1.42 bits per heavy atom. The molecule has 2 aromatic rings. The maximum Gasteiger partial charge on any atom is 0.204 e. The first-order valence-corrected chi connectivity index (χ1v) is 10.3. The SMILES string of the molecule is CS(=O)(=O)c1cccc(C(=O)c2cnc(N3CC4CC3CO4)s2)c1. The number of ketones is 1. The van der Waals surface area contributed by atoms with Crippen molar-refractivity contribution in [1.82, 2.24) is 4.98 Å². The van der Waals surface area contributed by atoms with E-state index in [0.29, 0.717) is 23.1 Å². The molecule has 0 spiro atoms. The summed E-state index contributed by atoms with van der Waals surface area (Å²) in [6.45, 7) is 1.53. The van der Waals surface area contributed by atoms with Crippen LogP contribution in [0.5, 0.6) is 0 Å². The van der Waals surface area contributed by atoms with Crippen molar-refractivity contribution < 1.29 is 17.9 Å². The summed E-state index contributed by atoms with van der Waals surface area (Å²) >= 11 is 1.35. The molecule has 1 aromatic carbocycles. The van der Waals surface area contributed by atoms with Gasteiger partial charge in [0.1, 0.15) is 0 Å². The number of thiazole rings is 1. The van der Waals surface area contributed by atoms with Gasteiger partial charge in [0, 0.05) is 18.4 Å². The summed E-state index contributed by atoms with van der Waals surface area (Å²) in [4.78, 5) is 19.9. The second kappa shape index (κ2) is 5.65. The third-order valence-corrected chi connectivity index (χ3v) is 6.53. The average molecular weight is 364 g/mol. The van der Waals surface area contributed by atoms with Crippen LogP contribution in [0.15, 0.2) is 35.4 Å². The zero-order valence-electron chi connectivity index (χ0n) is 13.0. The smallest absolute Gasteiger partial charge is 0.204 e. The summed E-state index contributed by atoms with van der Waals surface area (Å²) in [6, 6.07) is 6.47. The molecular formula is C16H16N2O4S2. The molecule has 2 saturated heterocycles. The minimum Gasteiger partial charge on any atom is -0.374 e. The van der Waals surface area contributed by atoms with Crippen LogP contribution in [0, 0.1) is 0 Å². The molecule has 4 rings (SSSR count). The molecule has 24 heavy (non-hydrogen) atoms. The molecule has 2 fully saturated rings. The fourth-order valence-corrected chi connectivity index (χ4v) is 4.77. The molecule has 0 N–H and O–H groups in total. The molecule has 0 amide bonds. The Kier molecular flexibility index (Phi) is 3.70. The number of aromatic nitrogens is 1. The molecule has 0 radical (unpaired) electrons. The number of anilines is 1. The topological polar surface area (TPSA) is 76.6 Å². The van der Waals surface area contributed by atoms with E-state index in [1.807, 2.05) is 0 Å². The second-order valence-electron chi connectivity index (χ2n) is 6.13. The monoisotopic (exact) mass is 364 g/mol. The molecule has 8 heteroatoms. The number of sulfone groups is 1. The van der Waals surface area contributed by atoms with Crippen LogP contribution < -0.4 is 4.90 Å². The number of rotatable bonds is 4. The van der Waals surface area contributed by atoms with Gasteiger partial charge in [-0.2, -0.15) is 0 Å². The number of hydrogen-bond acceptors (Lipinski definition) is 7. The molecule has 2 unspecified atom stereocenters. The molecular weight excluding hydrogens is 348 g/mol. The molecule has 0 saturated carbocycles. The van der Waals surface area contributed by atoms with E-state index in [0.717, 1.165) is 24.4 Å². The Morgan fingerprint density at radius 3 is 2.92 bits per heavy atom. The molecule has 2 atom stereocenters. The fourth-order valence-electron chi connectivity index (χ4n) is 3.15. The van der Waals surface area contributed by atoms with E-state index in [-0.39, 0.29) is 16.8 Å². The van der Waals surface area contributed by atoms with Crippen molar-refractivity contribution in [3.05, 3.63) is 40.9 Å². The van der Waals surface area contributed by atoms with Gasteiger partial charge in [-0.25, -0.2) is 13.4 Å². The largest absolute Gasteiger partial charge is 0.374 e. The van der Waals surface area contributed by atoms with Crippen molar-refractivity contribution in [2.24, 2.45) is 0 Å². The van der Waals surface area contributed by atoms with Crippen LogP contribution in [0.1, 0.15) is 21.7 Å². The van der Waals surface area contributed by atoms with Gasteiger partial charge in [0.05, 0.1) is 34.7 Å². The number of benzene rings is 1. The van der Waals surface area contributed by atoms with E-state index < -0.39 is 9.84 Å². The van der Waals surface area contributed by atoms with Crippen molar-refractivity contribution in [3.8, 4) is 0 Å². The van der Waals surface area contributed by atoms with Gasteiger partial charge in [0.15, 0.2) is 15.0 Å². The van der Waals surface area contributed by atoms with E-state index in [4.69, 9.17) is 4.74 Å². The molecule has 126 valence electrons. The summed E-state index contributed by atoms with van der Waals surface area (Å²) in [5.74, 6) is -0.204. The number of nitrogens with zero attached hydrogens (tertiary/aromatic N) is 2. The highest BCUT2D eigenvalue weighted by Gasteiger charge is 2.40. The van der Waals surface area contributed by atoms with Crippen LogP contribution in [0.4, 0.5) is 5.13 Å². The molecule has 3 heterocycles. The highest BCUT2D eigenvalue weighted by molar-refractivity contribution is 7.90. The lowest BCUT2D eigenvalue weighted by Crippen LogP contribution is -2.36. The van der Waals surface area contributed by atoms with Crippen molar-refractivity contribution >= 4 is 32.1 Å². The summed E-state index contributed by atoms with van der Waals surface area (Å²) in [5, 5.41) is 0.827. The first-order chi connectivity index (χ1) is 11.4. The van der Waals surface area contributed by atoms with Crippen molar-refractivity contribution in [3.63, 3.8) is 0 Å². The average Bonchev–Trinajstić information content (AvgIpc) is 3.29. The minimum atomic E-state index is -3.34. The zero-order valence-corrected chi connectivity index (χ0v) is 14.6. The van der Waals surface area contributed by atoms with Gasteiger partial charge < -0.3 is 9.64 Å². The molecule has 2 aliphatic rings. The van der Waals surface area contributed by atoms with E-state index >= 15 is 0 Å². The highest BCUT2D eigenvalue weighted by Crippen LogP contribution is 2.35. The van der Waals surface area contributed by atoms with E-state index in [9.17, 15) is 13.2 Å². The zero-order chi connectivity index (χ0) is 16.9. The lowest BCUT2D eigenvalue weighted by Gasteiger charge is -2.25. The Morgan fingerprint density at radius 2 is 2.25 bits per heavy atom. The lowest BCUT2D eigenvalue weighted by atomic mass is 10.1. The second-order valence-corrected chi connectivity index (χ2v) is 9.16. The van der Waals surface area contributed by atoms with Crippen molar-refractivity contribution in [2.45, 2.75) is 23.5 Å². The Bertz CT molecular complexity index is 906. The molecule has 6 nitrogen and oxygen atoms in total. The number of hydrogen-bond donors (Lipinski definition) is 0. The lowest BCUT2D eigenvalue weighted by molar-refractivity contribution is 0.0991. The van der Waals surface area contributed by atoms with E-state index in [1.165, 1.54) is 23.5 Å². The number of morpholine rings is 1. The van der Waals surface area contributed by atoms with Gasteiger partial charge in [-0.3, -0.25) is 4.79 Å². The van der Waals surface area contributed by atoms with Gasteiger partial charge in [0.25, 0.3) is 0 Å². The van der Waals surface area contributed by atoms with Gasteiger partial charge in [-0.05, 0) is 18.6 Å². The standard InChI is InChI=1S/C16H16N2O4S2/c1-24(20,21)13-4-2-3-10(5-13)15(19)14-7-17-16(23-14)18-8-12-6-11(18)9-22-12/h2-5,7,11-12H,6,8-9H2,1H3. The molecule has 0 aliphatic carbocycles. The Hall–Kier alpha value is -1.77. The van der Waals surface area contributed by atoms with Crippen LogP contribution in [-0.2, 0) is 14.6 Å². The van der Waals surface area contributed by atoms with Crippen molar-refractivity contribution in [2.75, 3.05) is 24.3 Å². The maximum absolute atomic E-state index is 12.6. The van der Waals surface area contributed by atoms with Gasteiger partial charge in [-0.15, -0.1) is 0 Å². The first-order valence-electron chi connectivity index (χ1n) is 7.61. The predicted octanol–water partition coefficient (Wildman–Crippen LogP) is 1.76. The van der Waals surface area contributed by atoms with Crippen LogP contribution in [0.25, 0.3) is 0 Å². The quantitative estimate of drug-likeness (QED) is 0.770. The van der Waals surface area contributed by atoms with Crippen LogP contribution >= 0.6 is 11.3 Å². The van der Waals surface area contributed by atoms with E-state index in [2.05, 4.69) is 9.88 Å². The number of ether oxygens (including phenoxy) is 1. The van der Waals surface area contributed by atoms with Crippen LogP contribution in [0.3, 0.4) is 0 Å². The predicted molar refractivity (Wildman–Crippen MR) is 90.6 cm³/mol. The van der Waals surface area contributed by atoms with Gasteiger partial charge in [-0.1, -0.05) is 23.5 Å². The van der Waals surface area contributed by atoms with E-state index in [1.54, 1.807) is 18.3 Å². The molecule has 1 aromatic heterocycles. The number of carbonyl (C=O) groups is 1. The Labute approximate surface area is 144 Å². The fraction of sp³-hybridized carbons (Fsp3) is 0.375. The van der Waals surface area contributed by atoms with Crippen LogP contribution in [-0.4, -0.2) is 50.7 Å². The minimum absolute atomic E-state index is 0.145. The third kappa shape index (κ3) is 2.74. The number of carbonyl (C=O) groups excluding carboxylic acids is 1. The molecule has 2 bridgehead atoms. The summed E-state index contributed by atoms with van der Waals surface area (Å²) in [5.41, 5.74) is 0.361. The summed E-state index contributed by atoms with van der Waals surface area (Å²) < 4.78 is 28.9. The normalized spacial score (nSPS) is 23.0.